The molecule has 1 aliphatic heterocycles. The minimum absolute atomic E-state index is 0.0466. The SMILES string of the molecule is C=NN1C(N(C)C(=O)OC(C)(C)C)=CC(Cl)=N/C1=C(/C)C(O)O. The fourth-order valence-electron chi connectivity index (χ4n) is 1.63. The monoisotopic (exact) mass is 344 g/mol. The smallest absolute Gasteiger partial charge is 0.415 e. The summed E-state index contributed by atoms with van der Waals surface area (Å²) in [5.41, 5.74) is -0.584. The number of allylic oxidation sites excluding steroid dienone is 1. The number of ether oxygens (including phenoxy) is 1. The summed E-state index contributed by atoms with van der Waals surface area (Å²) in [6.07, 6.45) is -1.00. The molecule has 0 atom stereocenters. The standard InChI is InChI=1S/C14H21ClN4O4/c1-8(12(20)21)11-17-9(15)7-10(19(11)16-5)18(6)13(22)23-14(2,3)4/h7,12,20-21H,5H2,1-4,6H3/b11-8+. The zero-order valence-electron chi connectivity index (χ0n) is 13.7. The van der Waals surface area contributed by atoms with Crippen LogP contribution in [0.3, 0.4) is 0 Å². The second-order valence-corrected chi connectivity index (χ2v) is 6.20. The van der Waals surface area contributed by atoms with E-state index in [1.807, 2.05) is 0 Å². The number of carbonyl (C=O) groups excluding carboxylic acids is 1. The summed E-state index contributed by atoms with van der Waals surface area (Å²) in [6.45, 7) is 10.1. The first kappa shape index (κ1) is 19.1. The molecular formula is C14H21ClN4O4. The van der Waals surface area contributed by atoms with Gasteiger partial charge in [0.15, 0.2) is 12.1 Å². The van der Waals surface area contributed by atoms with Gasteiger partial charge in [-0.25, -0.2) is 9.79 Å². The molecule has 0 saturated heterocycles. The van der Waals surface area contributed by atoms with E-state index in [-0.39, 0.29) is 22.4 Å². The van der Waals surface area contributed by atoms with Gasteiger partial charge in [-0.2, -0.15) is 10.1 Å². The van der Waals surface area contributed by atoms with Crippen LogP contribution in [-0.4, -0.2) is 57.0 Å². The van der Waals surface area contributed by atoms with Crippen molar-refractivity contribution in [3.63, 3.8) is 0 Å². The van der Waals surface area contributed by atoms with Crippen molar-refractivity contribution in [3.8, 4) is 0 Å². The number of aliphatic hydroxyl groups is 2. The summed E-state index contributed by atoms with van der Waals surface area (Å²) in [5.74, 6) is 0.275. The average molecular weight is 345 g/mol. The van der Waals surface area contributed by atoms with Crippen molar-refractivity contribution in [1.29, 1.82) is 0 Å². The number of aliphatic imine (C=N–C) groups is 1. The molecular weight excluding hydrogens is 324 g/mol. The number of amides is 1. The average Bonchev–Trinajstić information content (AvgIpc) is 2.42. The van der Waals surface area contributed by atoms with E-state index in [2.05, 4.69) is 16.8 Å². The molecule has 0 fully saturated rings. The van der Waals surface area contributed by atoms with Crippen molar-refractivity contribution in [2.24, 2.45) is 10.1 Å². The Labute approximate surface area is 140 Å². The zero-order chi connectivity index (χ0) is 17.9. The highest BCUT2D eigenvalue weighted by molar-refractivity contribution is 6.68. The highest BCUT2D eigenvalue weighted by atomic mass is 35.5. The van der Waals surface area contributed by atoms with Gasteiger partial charge in [0.1, 0.15) is 16.6 Å². The highest BCUT2D eigenvalue weighted by Crippen LogP contribution is 2.27. The molecule has 0 aromatic carbocycles. The van der Waals surface area contributed by atoms with Gasteiger partial charge < -0.3 is 14.9 Å². The number of hydrogen-bond donors (Lipinski definition) is 2. The number of aliphatic hydroxyl groups excluding tert-OH is 1. The van der Waals surface area contributed by atoms with Gasteiger partial charge in [-0.3, -0.25) is 4.90 Å². The molecule has 0 saturated carbocycles. The number of hydrazone groups is 1. The highest BCUT2D eigenvalue weighted by Gasteiger charge is 2.30. The molecule has 2 N–H and O–H groups in total. The molecule has 1 amide bonds. The van der Waals surface area contributed by atoms with Crippen LogP contribution >= 0.6 is 11.6 Å². The second kappa shape index (κ2) is 7.12. The summed E-state index contributed by atoms with van der Waals surface area (Å²) in [5, 5.41) is 23.6. The molecule has 0 aromatic rings. The molecule has 0 radical (unpaired) electrons. The molecule has 1 rings (SSSR count). The Morgan fingerprint density at radius 1 is 1.52 bits per heavy atom. The fraction of sp³-hybridized carbons (Fsp3) is 0.500. The van der Waals surface area contributed by atoms with E-state index in [1.54, 1.807) is 20.8 Å². The summed E-state index contributed by atoms with van der Waals surface area (Å²) >= 11 is 5.97. The maximum atomic E-state index is 12.2. The lowest BCUT2D eigenvalue weighted by Gasteiger charge is -2.32. The number of nitrogens with zero attached hydrogens (tertiary/aromatic N) is 4. The lowest BCUT2D eigenvalue weighted by Crippen LogP contribution is -2.39. The minimum atomic E-state index is -1.76. The number of halogens is 1. The van der Waals surface area contributed by atoms with Gasteiger partial charge in [-0.05, 0) is 27.7 Å². The van der Waals surface area contributed by atoms with Gasteiger partial charge in [0.25, 0.3) is 0 Å². The lowest BCUT2D eigenvalue weighted by atomic mass is 10.2. The van der Waals surface area contributed by atoms with Crippen molar-refractivity contribution >= 4 is 29.6 Å². The van der Waals surface area contributed by atoms with E-state index >= 15 is 0 Å². The fourth-order valence-corrected chi connectivity index (χ4v) is 1.81. The van der Waals surface area contributed by atoms with E-state index in [1.165, 1.54) is 30.0 Å². The predicted molar refractivity (Wildman–Crippen MR) is 87.7 cm³/mol. The van der Waals surface area contributed by atoms with Crippen LogP contribution in [0.2, 0.25) is 0 Å². The normalized spacial score (nSPS) is 17.5. The molecule has 0 aromatic heterocycles. The Balaban J connectivity index is 3.24. The zero-order valence-corrected chi connectivity index (χ0v) is 14.5. The molecule has 128 valence electrons. The summed E-state index contributed by atoms with van der Waals surface area (Å²) in [7, 11) is 1.47. The quantitative estimate of drug-likeness (QED) is 0.601. The van der Waals surface area contributed by atoms with Crippen LogP contribution in [0, 0.1) is 0 Å². The number of carbonyl (C=O) groups is 1. The molecule has 1 heterocycles. The maximum Gasteiger partial charge on any atom is 0.415 e. The van der Waals surface area contributed by atoms with Crippen LogP contribution in [0.5, 0.6) is 0 Å². The van der Waals surface area contributed by atoms with Crippen molar-refractivity contribution in [2.75, 3.05) is 7.05 Å². The molecule has 0 bridgehead atoms. The van der Waals surface area contributed by atoms with E-state index in [4.69, 9.17) is 16.3 Å². The lowest BCUT2D eigenvalue weighted by molar-refractivity contribution is -0.0100. The Kier molecular flexibility index (Phi) is 5.92. The third-order valence-corrected chi connectivity index (χ3v) is 2.96. The van der Waals surface area contributed by atoms with Gasteiger partial charge in [-0.15, -0.1) is 0 Å². The first-order chi connectivity index (χ1) is 10.5. The molecule has 23 heavy (non-hydrogen) atoms. The predicted octanol–water partition coefficient (Wildman–Crippen LogP) is 1.81. The number of rotatable bonds is 3. The van der Waals surface area contributed by atoms with Crippen LogP contribution in [-0.2, 0) is 4.74 Å². The van der Waals surface area contributed by atoms with Gasteiger partial charge in [0.2, 0.25) is 0 Å². The van der Waals surface area contributed by atoms with Crippen LogP contribution in [0.15, 0.2) is 33.4 Å². The minimum Gasteiger partial charge on any atom is -0.443 e. The van der Waals surface area contributed by atoms with E-state index in [0.29, 0.717) is 0 Å². The molecule has 9 heteroatoms. The third kappa shape index (κ3) is 4.78. The molecule has 0 aliphatic carbocycles. The molecule has 1 aliphatic rings. The van der Waals surface area contributed by atoms with E-state index < -0.39 is 18.0 Å². The molecule has 8 nitrogen and oxygen atoms in total. The largest absolute Gasteiger partial charge is 0.443 e. The summed E-state index contributed by atoms with van der Waals surface area (Å²) in [4.78, 5) is 17.4. The van der Waals surface area contributed by atoms with Crippen LogP contribution in [0.1, 0.15) is 27.7 Å². The van der Waals surface area contributed by atoms with Crippen molar-refractivity contribution < 1.29 is 19.7 Å². The molecule has 0 spiro atoms. The maximum absolute atomic E-state index is 12.2. The van der Waals surface area contributed by atoms with Crippen LogP contribution in [0.4, 0.5) is 4.79 Å². The van der Waals surface area contributed by atoms with Crippen molar-refractivity contribution in [1.82, 2.24) is 9.91 Å². The van der Waals surface area contributed by atoms with E-state index in [9.17, 15) is 15.0 Å². The Hall–Kier alpha value is -1.90. The van der Waals surface area contributed by atoms with Gasteiger partial charge in [-0.1, -0.05) is 11.6 Å². The third-order valence-electron chi connectivity index (χ3n) is 2.77. The summed E-state index contributed by atoms with van der Waals surface area (Å²) in [6, 6.07) is 0. The molecule has 0 unspecified atom stereocenters. The Morgan fingerprint density at radius 2 is 2.09 bits per heavy atom. The first-order valence-electron chi connectivity index (χ1n) is 6.74. The van der Waals surface area contributed by atoms with Gasteiger partial charge in [0, 0.05) is 25.4 Å². The van der Waals surface area contributed by atoms with Crippen LogP contribution < -0.4 is 0 Å². The van der Waals surface area contributed by atoms with Gasteiger partial charge >= 0.3 is 6.09 Å². The number of hydrogen-bond acceptors (Lipinski definition) is 7. The Bertz CT molecular complexity index is 590. The summed E-state index contributed by atoms with van der Waals surface area (Å²) < 4.78 is 5.28. The second-order valence-electron chi connectivity index (χ2n) is 5.81. The Morgan fingerprint density at radius 3 is 2.52 bits per heavy atom. The van der Waals surface area contributed by atoms with E-state index in [0.717, 1.165) is 0 Å². The van der Waals surface area contributed by atoms with Crippen molar-refractivity contribution in [2.45, 2.75) is 39.6 Å². The van der Waals surface area contributed by atoms with Crippen molar-refractivity contribution in [3.05, 3.63) is 23.3 Å². The van der Waals surface area contributed by atoms with Gasteiger partial charge in [0.05, 0.1) is 0 Å². The topological polar surface area (TPSA) is 98.0 Å². The first-order valence-corrected chi connectivity index (χ1v) is 7.12. The van der Waals surface area contributed by atoms with Crippen LogP contribution in [0.25, 0.3) is 0 Å².